The van der Waals surface area contributed by atoms with Crippen LogP contribution in [0.4, 0.5) is 0 Å². The molecule has 0 saturated heterocycles. The maximum atomic E-state index is 8.67. The third-order valence-electron chi connectivity index (χ3n) is 17.0. The zero-order valence-electron chi connectivity index (χ0n) is 60.8. The van der Waals surface area contributed by atoms with E-state index in [0.29, 0.717) is 34.3 Å². The van der Waals surface area contributed by atoms with Crippen molar-refractivity contribution < 1.29 is 40.7 Å². The van der Waals surface area contributed by atoms with Gasteiger partial charge in [0.15, 0.2) is 18.5 Å². The van der Waals surface area contributed by atoms with Gasteiger partial charge in [-0.15, -0.1) is 0 Å². The van der Waals surface area contributed by atoms with Crippen LogP contribution in [0.2, 0.25) is 0 Å². The summed E-state index contributed by atoms with van der Waals surface area (Å²) in [5.74, 6) is 0. The first kappa shape index (κ1) is 45.2. The van der Waals surface area contributed by atoms with E-state index in [1.54, 1.807) is 25.6 Å². The molecule has 15 rings (SSSR count). The van der Waals surface area contributed by atoms with Crippen molar-refractivity contribution in [2.75, 3.05) is 0 Å². The van der Waals surface area contributed by atoms with Gasteiger partial charge in [-0.2, -0.15) is 0 Å². The SMILES string of the molecule is [2H]c1c(C)c([2H])c(-c2ccc3oc4c(-c5ccccc5)c(C)ccc4c3c2C)[n+](C)c1[2H].[2H]c1c([2H])c(-c2ccc3oc4c(-c5ccccc5)c(C)ccc4c3c2C)[n+](C)c([2H])c1C([2H])([2H])[2H].[2H]c1cc(C)cc(-c2ccc3oc4c(-c5ccccc5)c(C)ccc4c3c2C)[n+]1C. The predicted molar refractivity (Wildman–Crippen MR) is 360 cm³/mol. The fourth-order valence-electron chi connectivity index (χ4n) is 12.6. The van der Waals surface area contributed by atoms with E-state index < -0.39 is 18.5 Å². The molecule has 0 radical (unpaired) electrons. The minimum absolute atomic E-state index is 0.0942. The second kappa shape index (κ2) is 22.7. The molecule has 426 valence electrons. The molecule has 6 heteroatoms. The summed E-state index contributed by atoms with van der Waals surface area (Å²) in [5, 5.41) is 6.18. The summed E-state index contributed by atoms with van der Waals surface area (Å²) in [6.45, 7) is 13.5. The highest BCUT2D eigenvalue weighted by Crippen LogP contribution is 2.45. The summed E-state index contributed by atoms with van der Waals surface area (Å²) in [5.41, 5.74) is 24.0. The van der Waals surface area contributed by atoms with Crippen LogP contribution >= 0.6 is 0 Å². The van der Waals surface area contributed by atoms with Crippen molar-refractivity contribution in [2.24, 2.45) is 21.1 Å². The highest BCUT2D eigenvalue weighted by Gasteiger charge is 2.24. The maximum Gasteiger partial charge on any atom is 0.212 e. The Morgan fingerprint density at radius 3 is 1.18 bits per heavy atom. The largest absolute Gasteiger partial charge is 0.455 e. The summed E-state index contributed by atoms with van der Waals surface area (Å²) in [6.07, 6.45) is 0.315. The van der Waals surface area contributed by atoms with E-state index >= 15 is 0 Å². The molecule has 0 amide bonds. The molecule has 0 atom stereocenters. The summed E-state index contributed by atoms with van der Waals surface area (Å²) >= 11 is 0. The van der Waals surface area contributed by atoms with Crippen molar-refractivity contribution >= 4 is 65.8 Å². The van der Waals surface area contributed by atoms with Crippen LogP contribution < -0.4 is 13.7 Å². The van der Waals surface area contributed by atoms with Gasteiger partial charge in [0.25, 0.3) is 0 Å². The number of hydrogen-bond acceptors (Lipinski definition) is 3. The Morgan fingerprint density at radius 1 is 0.356 bits per heavy atom. The molecule has 0 aliphatic rings. The van der Waals surface area contributed by atoms with Gasteiger partial charge in [-0.3, -0.25) is 0 Å². The van der Waals surface area contributed by atoms with Crippen LogP contribution in [0, 0.1) is 62.2 Å². The van der Waals surface area contributed by atoms with Crippen molar-refractivity contribution in [2.45, 2.75) is 62.2 Å². The number of hydrogen-bond donors (Lipinski definition) is 0. The molecule has 87 heavy (non-hydrogen) atoms. The average Bonchev–Trinajstić information content (AvgIpc) is 1.04. The summed E-state index contributed by atoms with van der Waals surface area (Å²) in [4.78, 5) is 0. The molecule has 6 heterocycles. The zero-order chi connectivity index (χ0) is 69.0. The predicted octanol–water partition coefficient (Wildman–Crippen LogP) is 20.0. The van der Waals surface area contributed by atoms with E-state index in [-0.39, 0.29) is 30.5 Å². The fraction of sp³-hybridized carbons (Fsp3) is 0.148. The molecule has 0 aliphatic carbocycles. The molecule has 0 unspecified atom stereocenters. The summed E-state index contributed by atoms with van der Waals surface area (Å²) in [6, 6.07) is 59.0. The fourth-order valence-corrected chi connectivity index (χ4v) is 12.6. The smallest absolute Gasteiger partial charge is 0.212 e. The molecule has 0 fully saturated rings. The lowest BCUT2D eigenvalue weighted by molar-refractivity contribution is -0.660. The molecule has 15 aromatic rings. The Bertz CT molecular complexity index is 5660. The number of rotatable bonds is 6. The number of pyridine rings is 3. The van der Waals surface area contributed by atoms with Crippen LogP contribution in [0.15, 0.2) is 232 Å². The number of furan rings is 3. The lowest BCUT2D eigenvalue weighted by atomic mass is 9.95. The van der Waals surface area contributed by atoms with Gasteiger partial charge in [0.2, 0.25) is 17.1 Å². The molecule has 0 aliphatic heterocycles. The van der Waals surface area contributed by atoms with Crippen LogP contribution in [0.25, 0.3) is 133 Å². The number of aryl methyl sites for hydroxylation is 7. The van der Waals surface area contributed by atoms with Crippen LogP contribution in [0.1, 0.15) is 63.8 Å². The zero-order valence-corrected chi connectivity index (χ0v) is 50.8. The van der Waals surface area contributed by atoms with Gasteiger partial charge in [0, 0.05) is 106 Å². The summed E-state index contributed by atoms with van der Waals surface area (Å²) in [7, 11) is 5.27. The molecule has 0 spiro atoms. The lowest BCUT2D eigenvalue weighted by Crippen LogP contribution is -2.31. The van der Waals surface area contributed by atoms with E-state index in [1.807, 2.05) is 111 Å². The van der Waals surface area contributed by atoms with Crippen LogP contribution in [-0.4, -0.2) is 0 Å². The Kier molecular flexibility index (Phi) is 11.8. The van der Waals surface area contributed by atoms with E-state index in [4.69, 9.17) is 27.0 Å². The minimum atomic E-state index is -2.65. The maximum absolute atomic E-state index is 8.67. The van der Waals surface area contributed by atoms with Gasteiger partial charge in [-0.25, -0.2) is 13.7 Å². The lowest BCUT2D eigenvalue weighted by Gasteiger charge is -2.08. The Morgan fingerprint density at radius 2 is 0.759 bits per heavy atom. The van der Waals surface area contributed by atoms with Crippen LogP contribution in [-0.2, 0) is 21.1 Å². The first-order valence-electron chi connectivity index (χ1n) is 34.3. The van der Waals surface area contributed by atoms with E-state index in [9.17, 15) is 0 Å². The van der Waals surface area contributed by atoms with Crippen molar-refractivity contribution in [1.29, 1.82) is 0 Å². The highest BCUT2D eigenvalue weighted by atomic mass is 16.3. The standard InChI is InChI=1S/3C27H24NO/c1-17-10-14-23(28(4)16-17)21-13-15-24-26(19(21)3)22-12-11-18(2)25(27(22)29-24)20-8-6-5-7-9-20;2*1-17-14-15-28(4)23(16-17)21-12-13-24-26(19(21)3)22-11-10-18(2)25(27(22)29-24)20-8-6-5-7-9-20/h3*5-16H,1-4H3/q3*+1/i1D3,10D,14D,16D;14D,15D,16D;15D. The van der Waals surface area contributed by atoms with Gasteiger partial charge in [-0.05, 0) is 166 Å². The first-order chi connectivity index (χ1) is 46.3. The summed E-state index contributed by atoms with van der Waals surface area (Å²) < 4.78 is 106. The van der Waals surface area contributed by atoms with Crippen molar-refractivity contribution in [1.82, 2.24) is 0 Å². The van der Waals surface area contributed by atoms with Gasteiger partial charge < -0.3 is 13.3 Å². The van der Waals surface area contributed by atoms with Crippen LogP contribution in [0.5, 0.6) is 0 Å². The third kappa shape index (κ3) is 10.0. The van der Waals surface area contributed by atoms with Gasteiger partial charge >= 0.3 is 0 Å². The van der Waals surface area contributed by atoms with Gasteiger partial charge in [-0.1, -0.05) is 127 Å². The minimum Gasteiger partial charge on any atom is -0.455 e. The number of aromatic nitrogens is 3. The molecule has 0 bridgehead atoms. The third-order valence-corrected chi connectivity index (χ3v) is 17.0. The number of fused-ring (bicyclic) bond motifs is 9. The van der Waals surface area contributed by atoms with Crippen LogP contribution in [0.3, 0.4) is 0 Å². The van der Waals surface area contributed by atoms with Gasteiger partial charge in [0.1, 0.15) is 58.8 Å². The second-order valence-corrected chi connectivity index (χ2v) is 22.8. The molecule has 0 N–H and O–H groups in total. The van der Waals surface area contributed by atoms with E-state index in [0.717, 1.165) is 133 Å². The molecule has 0 saturated carbocycles. The number of benzene rings is 9. The van der Waals surface area contributed by atoms with Crippen molar-refractivity contribution in [3.63, 3.8) is 0 Å². The van der Waals surface area contributed by atoms with Crippen molar-refractivity contribution in [3.8, 4) is 67.2 Å². The first-order valence-corrected chi connectivity index (χ1v) is 29.3. The normalized spacial score (nSPS) is 13.2. The molecular weight excluding hydrogens is 1060 g/mol. The van der Waals surface area contributed by atoms with Crippen molar-refractivity contribution in [3.05, 3.63) is 269 Å². The monoisotopic (exact) mass is 1140 g/mol. The quantitative estimate of drug-likeness (QED) is 0.156. The Balaban J connectivity index is 0.000000132. The molecule has 9 aromatic carbocycles. The second-order valence-electron chi connectivity index (χ2n) is 22.8. The average molecular weight is 1150 g/mol. The molecule has 6 nitrogen and oxygen atoms in total. The Labute approximate surface area is 523 Å². The Hall–Kier alpha value is -10.2. The highest BCUT2D eigenvalue weighted by molar-refractivity contribution is 6.15. The molecular formula is C81H72N3O3+3. The van der Waals surface area contributed by atoms with E-state index in [2.05, 4.69) is 125 Å². The molecule has 6 aromatic heterocycles. The number of nitrogens with zero attached hydrogens (tertiary/aromatic N) is 3. The topological polar surface area (TPSA) is 51.1 Å². The van der Waals surface area contributed by atoms with Gasteiger partial charge in [0.05, 0.1) is 5.48 Å². The van der Waals surface area contributed by atoms with E-state index in [1.165, 1.54) is 21.3 Å².